The monoisotopic (exact) mass is 313 g/mol. The highest BCUT2D eigenvalue weighted by molar-refractivity contribution is 5.67. The van der Waals surface area contributed by atoms with Gasteiger partial charge in [-0.15, -0.1) is 5.10 Å². The van der Waals surface area contributed by atoms with E-state index >= 15 is 0 Å². The highest BCUT2D eigenvalue weighted by Gasteiger charge is 2.15. The number of fused-ring (bicyclic) bond motifs is 1. The van der Waals surface area contributed by atoms with Gasteiger partial charge >= 0.3 is 0 Å². The number of anilines is 1. The summed E-state index contributed by atoms with van der Waals surface area (Å²) < 4.78 is 1.81. The van der Waals surface area contributed by atoms with Gasteiger partial charge in [-0.3, -0.25) is 5.10 Å². The van der Waals surface area contributed by atoms with Crippen molar-refractivity contribution in [3.8, 4) is 11.1 Å². The first kappa shape index (κ1) is 15.5. The Labute approximate surface area is 135 Å². The van der Waals surface area contributed by atoms with Crippen molar-refractivity contribution in [1.82, 2.24) is 30.1 Å². The number of nitrogens with two attached hydrogens (primary N) is 1. The van der Waals surface area contributed by atoms with Crippen LogP contribution < -0.4 is 11.1 Å². The van der Waals surface area contributed by atoms with Crippen molar-refractivity contribution in [2.75, 3.05) is 18.8 Å². The molecule has 4 rings (SSSR count). The van der Waals surface area contributed by atoms with Crippen molar-refractivity contribution in [3.63, 3.8) is 0 Å². The lowest BCUT2D eigenvalue weighted by Crippen LogP contribution is -2.03. The minimum atomic E-state index is 0.293. The van der Waals surface area contributed by atoms with E-state index in [1.165, 1.54) is 25.9 Å². The van der Waals surface area contributed by atoms with E-state index in [0.29, 0.717) is 11.9 Å². The maximum atomic E-state index is 5.67. The zero-order valence-electron chi connectivity index (χ0n) is 13.6. The molecule has 0 amide bonds. The number of rotatable bonds is 2. The van der Waals surface area contributed by atoms with Crippen LogP contribution in [0.1, 0.15) is 38.3 Å². The zero-order valence-corrected chi connectivity index (χ0v) is 13.6. The van der Waals surface area contributed by atoms with Gasteiger partial charge in [0, 0.05) is 17.3 Å². The molecule has 0 atom stereocenters. The molecule has 1 fully saturated rings. The summed E-state index contributed by atoms with van der Waals surface area (Å²) in [4.78, 5) is 4.18. The van der Waals surface area contributed by atoms with E-state index in [0.717, 1.165) is 22.5 Å². The lowest BCUT2D eigenvalue weighted by Gasteiger charge is -2.12. The fraction of sp³-hybridized carbons (Fsp3) is 0.438. The van der Waals surface area contributed by atoms with Crippen molar-refractivity contribution in [1.29, 1.82) is 0 Å². The maximum Gasteiger partial charge on any atom is 0.240 e. The summed E-state index contributed by atoms with van der Waals surface area (Å²) in [7, 11) is 0. The summed E-state index contributed by atoms with van der Waals surface area (Å²) in [5.74, 6) is 0.598. The normalized spacial score (nSPS) is 14.2. The third kappa shape index (κ3) is 3.34. The maximum absolute atomic E-state index is 5.67. The highest BCUT2D eigenvalue weighted by atomic mass is 15.3. The second-order valence-electron chi connectivity index (χ2n) is 5.97. The first-order chi connectivity index (χ1) is 11.2. The molecule has 23 heavy (non-hydrogen) atoms. The van der Waals surface area contributed by atoms with E-state index in [2.05, 4.69) is 39.4 Å². The summed E-state index contributed by atoms with van der Waals surface area (Å²) >= 11 is 0. The fourth-order valence-corrected chi connectivity index (χ4v) is 2.81. The molecule has 1 aliphatic heterocycles. The molecule has 0 spiro atoms. The fourth-order valence-electron chi connectivity index (χ4n) is 2.81. The number of nitrogen functional groups attached to an aromatic ring is 1. The molecule has 3 aromatic rings. The first-order valence-electron chi connectivity index (χ1n) is 8.02. The molecule has 0 bridgehead atoms. The molecule has 0 radical (unpaired) electrons. The molecule has 0 saturated carbocycles. The molecule has 0 aliphatic carbocycles. The highest BCUT2D eigenvalue weighted by Crippen LogP contribution is 2.29. The van der Waals surface area contributed by atoms with Gasteiger partial charge in [-0.05, 0) is 44.0 Å². The average molecular weight is 313 g/mol. The Hall–Kier alpha value is -2.41. The molecule has 122 valence electrons. The minimum absolute atomic E-state index is 0.293. The van der Waals surface area contributed by atoms with E-state index in [4.69, 9.17) is 5.73 Å². The van der Waals surface area contributed by atoms with E-state index in [-0.39, 0.29) is 0 Å². The average Bonchev–Trinajstić information content (AvgIpc) is 3.28. The topological polar surface area (TPSA) is 96.9 Å². The Bertz CT molecular complexity index is 747. The molecule has 7 heteroatoms. The molecule has 3 aromatic heterocycles. The van der Waals surface area contributed by atoms with Crippen LogP contribution in [-0.2, 0) is 0 Å². The Balaban J connectivity index is 0.000000267. The Morgan fingerprint density at radius 2 is 2.00 bits per heavy atom. The zero-order chi connectivity index (χ0) is 16.2. The summed E-state index contributed by atoms with van der Waals surface area (Å²) in [5.41, 5.74) is 9.65. The van der Waals surface area contributed by atoms with Crippen LogP contribution in [0.25, 0.3) is 16.8 Å². The summed E-state index contributed by atoms with van der Waals surface area (Å²) in [6.07, 6.45) is 6.45. The lowest BCUT2D eigenvalue weighted by atomic mass is 10.00. The smallest absolute Gasteiger partial charge is 0.240 e. The minimum Gasteiger partial charge on any atom is -0.366 e. The molecule has 7 nitrogen and oxygen atoms in total. The van der Waals surface area contributed by atoms with Crippen LogP contribution in [0.15, 0.2) is 24.5 Å². The van der Waals surface area contributed by atoms with Gasteiger partial charge in [-0.2, -0.15) is 10.1 Å². The van der Waals surface area contributed by atoms with Crippen LogP contribution in [-0.4, -0.2) is 37.9 Å². The van der Waals surface area contributed by atoms with Crippen molar-refractivity contribution in [2.45, 2.75) is 32.6 Å². The predicted molar refractivity (Wildman–Crippen MR) is 91.2 cm³/mol. The van der Waals surface area contributed by atoms with Crippen molar-refractivity contribution < 1.29 is 0 Å². The quantitative estimate of drug-likeness (QED) is 0.674. The van der Waals surface area contributed by atoms with Crippen LogP contribution in [0.2, 0.25) is 0 Å². The number of nitrogens with one attached hydrogen (secondary N) is 2. The van der Waals surface area contributed by atoms with Gasteiger partial charge in [0.15, 0.2) is 5.65 Å². The van der Waals surface area contributed by atoms with E-state index in [9.17, 15) is 0 Å². The van der Waals surface area contributed by atoms with Crippen molar-refractivity contribution in [3.05, 3.63) is 30.2 Å². The molecular weight excluding hydrogens is 290 g/mol. The molecular formula is C16H23N7. The Morgan fingerprint density at radius 1 is 1.22 bits per heavy atom. The Kier molecular flexibility index (Phi) is 4.57. The van der Waals surface area contributed by atoms with Gasteiger partial charge < -0.3 is 11.1 Å². The number of nitrogens with zero attached hydrogens (tertiary/aromatic N) is 4. The summed E-state index contributed by atoms with van der Waals surface area (Å²) in [6, 6.07) is 3.95. The predicted octanol–water partition coefficient (Wildman–Crippen LogP) is 2.19. The van der Waals surface area contributed by atoms with Crippen LogP contribution in [0.4, 0.5) is 5.95 Å². The number of hydrogen-bond donors (Lipinski definition) is 3. The van der Waals surface area contributed by atoms with Crippen molar-refractivity contribution in [2.24, 2.45) is 0 Å². The summed E-state index contributed by atoms with van der Waals surface area (Å²) in [5, 5.41) is 14.3. The standard InChI is InChI=1S/C12H14N6.C4H9N/c1-7(2)11-9(8-5-14-15-6-8)3-4-10-16-12(13)17-18(10)11;1-2-4-5-3-1/h3-7H,1-2H3,(H2,13,17)(H,14,15);5H,1-4H2. The van der Waals surface area contributed by atoms with E-state index in [1.807, 2.05) is 22.8 Å². The summed E-state index contributed by atoms with van der Waals surface area (Å²) in [6.45, 7) is 6.74. The van der Waals surface area contributed by atoms with Crippen molar-refractivity contribution >= 4 is 11.6 Å². The SMILES string of the molecule is C1CCNC1.CC(C)c1c(-c2cn[nH]c2)ccc2nc(N)nn12. The lowest BCUT2D eigenvalue weighted by molar-refractivity contribution is 0.762. The molecule has 0 unspecified atom stereocenters. The molecule has 1 aliphatic rings. The number of aromatic amines is 1. The van der Waals surface area contributed by atoms with Gasteiger partial charge in [0.1, 0.15) is 0 Å². The second-order valence-corrected chi connectivity index (χ2v) is 5.97. The van der Waals surface area contributed by atoms with Gasteiger partial charge in [-0.1, -0.05) is 13.8 Å². The Morgan fingerprint density at radius 3 is 2.57 bits per heavy atom. The number of H-pyrrole nitrogens is 1. The third-order valence-electron chi connectivity index (χ3n) is 3.86. The first-order valence-corrected chi connectivity index (χ1v) is 8.02. The number of pyridine rings is 1. The largest absolute Gasteiger partial charge is 0.366 e. The number of aromatic nitrogens is 5. The number of hydrogen-bond acceptors (Lipinski definition) is 5. The third-order valence-corrected chi connectivity index (χ3v) is 3.86. The van der Waals surface area contributed by atoms with Crippen LogP contribution in [0, 0.1) is 0 Å². The van der Waals surface area contributed by atoms with Gasteiger partial charge in [0.25, 0.3) is 0 Å². The molecule has 4 N–H and O–H groups in total. The van der Waals surface area contributed by atoms with E-state index < -0.39 is 0 Å². The van der Waals surface area contributed by atoms with Gasteiger partial charge in [-0.25, -0.2) is 4.52 Å². The molecule has 4 heterocycles. The van der Waals surface area contributed by atoms with Crippen LogP contribution in [0.5, 0.6) is 0 Å². The van der Waals surface area contributed by atoms with Crippen LogP contribution in [0.3, 0.4) is 0 Å². The van der Waals surface area contributed by atoms with Crippen LogP contribution >= 0.6 is 0 Å². The molecule has 1 saturated heterocycles. The second kappa shape index (κ2) is 6.78. The van der Waals surface area contributed by atoms with E-state index in [1.54, 1.807) is 6.20 Å². The van der Waals surface area contributed by atoms with Gasteiger partial charge in [0.2, 0.25) is 5.95 Å². The van der Waals surface area contributed by atoms with Gasteiger partial charge in [0.05, 0.1) is 11.9 Å². The molecule has 0 aromatic carbocycles.